The number of pyridine rings is 2. The maximum atomic E-state index is 4.99. The molecule has 0 aliphatic heterocycles. The molecule has 0 saturated heterocycles. The van der Waals surface area contributed by atoms with Crippen molar-refractivity contribution in [2.75, 3.05) is 11.9 Å². The number of nitrogens with zero attached hydrogens (tertiary/aromatic N) is 4. The highest BCUT2D eigenvalue weighted by atomic mass is 15.1. The largest absolute Gasteiger partial charge is 0.347 e. The molecule has 0 radical (unpaired) electrons. The molecule has 2 aliphatic carbocycles. The van der Waals surface area contributed by atoms with E-state index in [1.54, 1.807) is 0 Å². The van der Waals surface area contributed by atoms with Crippen molar-refractivity contribution < 1.29 is 0 Å². The third-order valence-electron chi connectivity index (χ3n) is 13.8. The average Bonchev–Trinajstić information content (AvgIpc) is 3.65. The Morgan fingerprint density at radius 1 is 0.394 bits per heavy atom. The lowest BCUT2D eigenvalue weighted by molar-refractivity contribution is 1.04. The normalized spacial score (nSPS) is 13.0. The third kappa shape index (κ3) is 8.69. The van der Waals surface area contributed by atoms with Gasteiger partial charge >= 0.3 is 0 Å². The number of aromatic nitrogens is 3. The van der Waals surface area contributed by atoms with Gasteiger partial charge in [0.25, 0.3) is 0 Å². The minimum Gasteiger partial charge on any atom is -0.347 e. The van der Waals surface area contributed by atoms with Crippen molar-refractivity contribution in [3.8, 4) is 73.0 Å². The molecule has 2 aliphatic rings. The first-order valence-corrected chi connectivity index (χ1v) is 24.4. The summed E-state index contributed by atoms with van der Waals surface area (Å²) in [7, 11) is 2.19. The van der Waals surface area contributed by atoms with Gasteiger partial charge in [-0.15, -0.1) is 0 Å². The third-order valence-corrected chi connectivity index (χ3v) is 13.8. The Kier molecular flexibility index (Phi) is 11.6. The van der Waals surface area contributed by atoms with Gasteiger partial charge < -0.3 is 9.47 Å². The van der Waals surface area contributed by atoms with E-state index in [0.29, 0.717) is 0 Å². The van der Waals surface area contributed by atoms with Crippen LogP contribution in [-0.2, 0) is 6.42 Å². The molecule has 4 heteroatoms. The first-order valence-electron chi connectivity index (χ1n) is 24.4. The van der Waals surface area contributed by atoms with E-state index >= 15 is 0 Å². The Morgan fingerprint density at radius 3 is 1.39 bits per heavy atom. The van der Waals surface area contributed by atoms with Crippen molar-refractivity contribution in [1.29, 1.82) is 0 Å². The van der Waals surface area contributed by atoms with Crippen molar-refractivity contribution >= 4 is 28.2 Å². The number of rotatable bonds is 10. The molecule has 0 unspecified atom stereocenters. The molecule has 0 amide bonds. The fourth-order valence-electron chi connectivity index (χ4n) is 10.1. The Hall–Kier alpha value is -9.12. The average molecular weight is 911 g/mol. The minimum absolute atomic E-state index is 0.809. The summed E-state index contributed by atoms with van der Waals surface area (Å²) in [6, 6.07) is 75.7. The van der Waals surface area contributed by atoms with E-state index in [2.05, 4.69) is 265 Å². The predicted molar refractivity (Wildman–Crippen MR) is 298 cm³/mol. The van der Waals surface area contributed by atoms with Crippen molar-refractivity contribution in [2.45, 2.75) is 12.8 Å². The first-order chi connectivity index (χ1) is 35.1. The van der Waals surface area contributed by atoms with Gasteiger partial charge in [-0.1, -0.05) is 200 Å². The van der Waals surface area contributed by atoms with Crippen molar-refractivity contribution in [3.63, 3.8) is 0 Å². The molecule has 0 saturated carbocycles. The van der Waals surface area contributed by atoms with Gasteiger partial charge in [0.05, 0.1) is 34.0 Å². The second-order valence-electron chi connectivity index (χ2n) is 18.1. The molecule has 12 rings (SSSR count). The van der Waals surface area contributed by atoms with E-state index in [9.17, 15) is 0 Å². The van der Waals surface area contributed by atoms with Gasteiger partial charge in [0.1, 0.15) is 0 Å². The van der Waals surface area contributed by atoms with Crippen molar-refractivity contribution in [2.24, 2.45) is 0 Å². The predicted octanol–water partition coefficient (Wildman–Crippen LogP) is 16.9. The summed E-state index contributed by atoms with van der Waals surface area (Å²) in [6.07, 6.45) is 19.4. The summed E-state index contributed by atoms with van der Waals surface area (Å²) in [5, 5.41) is 1.27. The van der Waals surface area contributed by atoms with Crippen LogP contribution in [0.15, 0.2) is 261 Å². The summed E-state index contributed by atoms with van der Waals surface area (Å²) in [6.45, 7) is 0. The Labute approximate surface area is 415 Å². The molecule has 0 spiro atoms. The highest BCUT2D eigenvalue weighted by Gasteiger charge is 2.21. The number of allylic oxidation sites excluding steroid dienone is 8. The number of hydrogen-bond donors (Lipinski definition) is 0. The van der Waals surface area contributed by atoms with E-state index in [4.69, 9.17) is 9.97 Å². The van der Waals surface area contributed by atoms with E-state index in [1.807, 2.05) is 12.1 Å². The Bertz CT molecular complexity index is 3700. The molecule has 3 heterocycles. The zero-order chi connectivity index (χ0) is 47.5. The fraction of sp³-hybridized carbons (Fsp3) is 0.0448. The molecule has 4 nitrogen and oxygen atoms in total. The fourth-order valence-corrected chi connectivity index (χ4v) is 10.1. The van der Waals surface area contributed by atoms with Gasteiger partial charge in [0.15, 0.2) is 0 Å². The topological polar surface area (TPSA) is 34.0 Å². The summed E-state index contributed by atoms with van der Waals surface area (Å²) in [5.74, 6) is 0. The smallest absolute Gasteiger partial charge is 0.0709 e. The quantitative estimate of drug-likeness (QED) is 0.137. The molecule has 0 N–H and O–H groups in total. The molecule has 338 valence electrons. The molecular formula is C67H50N4. The van der Waals surface area contributed by atoms with E-state index in [0.717, 1.165) is 69.2 Å². The summed E-state index contributed by atoms with van der Waals surface area (Å²) in [4.78, 5) is 12.3. The molecule has 0 bridgehead atoms. The SMILES string of the molecule is CN(C1=C(c2ccc3c4c(n(-c5ccc(-c6ccc(-c7cccc(-c8ccccc8)n7)cc6)cc5)c3c2)C=CC=CC4)C=CC=CC1)c1ccc(-c2ccc(-c3cccc(-c4ccccc4)n3)cc2)cc1. The summed E-state index contributed by atoms with van der Waals surface area (Å²) >= 11 is 0. The van der Waals surface area contributed by atoms with Gasteiger partial charge in [0.2, 0.25) is 0 Å². The van der Waals surface area contributed by atoms with Crippen LogP contribution >= 0.6 is 0 Å². The number of hydrogen-bond acceptors (Lipinski definition) is 3. The minimum atomic E-state index is 0.809. The van der Waals surface area contributed by atoms with Gasteiger partial charge in [-0.05, 0) is 100 Å². The van der Waals surface area contributed by atoms with Crippen LogP contribution < -0.4 is 4.90 Å². The second-order valence-corrected chi connectivity index (χ2v) is 18.1. The molecule has 71 heavy (non-hydrogen) atoms. The maximum Gasteiger partial charge on any atom is 0.0709 e. The summed E-state index contributed by atoms with van der Waals surface area (Å²) < 4.78 is 2.45. The highest BCUT2D eigenvalue weighted by molar-refractivity contribution is 5.95. The van der Waals surface area contributed by atoms with Crippen LogP contribution in [0.25, 0.3) is 95.5 Å². The van der Waals surface area contributed by atoms with Gasteiger partial charge in [-0.2, -0.15) is 0 Å². The first kappa shape index (κ1) is 43.2. The molecule has 0 fully saturated rings. The zero-order valence-electron chi connectivity index (χ0n) is 39.5. The monoisotopic (exact) mass is 910 g/mol. The van der Waals surface area contributed by atoms with Crippen LogP contribution in [0.1, 0.15) is 23.2 Å². The Balaban J connectivity index is 0.826. The standard InChI is InChI=1S/C67H50N4/c1-70(56-41-36-49(37-42-56)47-28-32-53(33-29-47)63-24-14-22-61(68-63)51-16-6-2-7-17-51)65-26-12-4-10-20-58(65)55-40-45-60-59-21-11-5-13-27-66(59)71(67(60)46-55)57-43-38-50(39-44-57)48-30-34-54(35-31-48)64-25-15-23-62(69-64)52-18-8-3-9-19-52/h2-20,22-25,27-46H,21,26H2,1H3. The molecular weight excluding hydrogens is 861 g/mol. The molecule has 10 aromatic rings. The Morgan fingerprint density at radius 2 is 0.845 bits per heavy atom. The van der Waals surface area contributed by atoms with Crippen LogP contribution in [0.4, 0.5) is 5.69 Å². The number of fused-ring (bicyclic) bond motifs is 3. The maximum absolute atomic E-state index is 4.99. The van der Waals surface area contributed by atoms with E-state index in [-0.39, 0.29) is 0 Å². The van der Waals surface area contributed by atoms with Crippen LogP contribution in [0.5, 0.6) is 0 Å². The molecule has 7 aromatic carbocycles. The van der Waals surface area contributed by atoms with Crippen LogP contribution in [-0.4, -0.2) is 21.6 Å². The van der Waals surface area contributed by atoms with Crippen LogP contribution in [0, 0.1) is 0 Å². The van der Waals surface area contributed by atoms with Crippen LogP contribution in [0.2, 0.25) is 0 Å². The highest BCUT2D eigenvalue weighted by Crippen LogP contribution is 2.38. The van der Waals surface area contributed by atoms with Crippen molar-refractivity contribution in [3.05, 3.63) is 277 Å². The van der Waals surface area contributed by atoms with Crippen molar-refractivity contribution in [1.82, 2.24) is 14.5 Å². The molecule has 3 aromatic heterocycles. The molecule has 0 atom stereocenters. The lowest BCUT2D eigenvalue weighted by Crippen LogP contribution is -2.17. The van der Waals surface area contributed by atoms with Gasteiger partial charge in [0, 0.05) is 63.8 Å². The van der Waals surface area contributed by atoms with E-state index < -0.39 is 0 Å². The zero-order valence-corrected chi connectivity index (χ0v) is 39.5. The van der Waals surface area contributed by atoms with Crippen LogP contribution in [0.3, 0.4) is 0 Å². The lowest BCUT2D eigenvalue weighted by atomic mass is 9.98. The number of anilines is 1. The summed E-state index contributed by atoms with van der Waals surface area (Å²) in [5.41, 5.74) is 22.7. The second kappa shape index (κ2) is 19.1. The van der Waals surface area contributed by atoms with Gasteiger partial charge in [-0.3, -0.25) is 0 Å². The van der Waals surface area contributed by atoms with E-state index in [1.165, 1.54) is 61.2 Å². The van der Waals surface area contributed by atoms with Gasteiger partial charge in [-0.25, -0.2) is 9.97 Å². The number of benzene rings is 7. The lowest BCUT2D eigenvalue weighted by Gasteiger charge is -2.25.